The highest BCUT2D eigenvalue weighted by Gasteiger charge is 2.14. The van der Waals surface area contributed by atoms with E-state index in [1.54, 1.807) is 30.3 Å². The molecule has 0 bridgehead atoms. The summed E-state index contributed by atoms with van der Waals surface area (Å²) in [5.74, 6) is -0.176. The Morgan fingerprint density at radius 1 is 0.917 bits per heavy atom. The van der Waals surface area contributed by atoms with Crippen LogP contribution >= 0.6 is 0 Å². The lowest BCUT2D eigenvalue weighted by Crippen LogP contribution is -2.27. The zero-order valence-corrected chi connectivity index (χ0v) is 12.8. The fraction of sp³-hybridized carbons (Fsp3) is 0.0500. The highest BCUT2D eigenvalue weighted by molar-refractivity contribution is 5.96. The highest BCUT2D eigenvalue weighted by Crippen LogP contribution is 2.18. The maximum Gasteiger partial charge on any atom is 0.269 e. The van der Waals surface area contributed by atoms with Gasteiger partial charge in [0.05, 0.1) is 12.2 Å². The summed E-state index contributed by atoms with van der Waals surface area (Å²) in [6.45, 7) is -0.109. The number of benzene rings is 2. The van der Waals surface area contributed by atoms with Crippen molar-refractivity contribution in [2.45, 2.75) is 6.54 Å². The van der Waals surface area contributed by atoms with Crippen LogP contribution < -0.4 is 5.56 Å². The summed E-state index contributed by atoms with van der Waals surface area (Å²) < 4.78 is 1.36. The van der Waals surface area contributed by atoms with Crippen molar-refractivity contribution in [3.05, 3.63) is 94.3 Å². The van der Waals surface area contributed by atoms with Crippen molar-refractivity contribution in [3.8, 4) is 17.3 Å². The summed E-state index contributed by atoms with van der Waals surface area (Å²) in [5, 5.41) is 9.11. The van der Waals surface area contributed by atoms with Gasteiger partial charge in [0.1, 0.15) is 11.6 Å². The fourth-order valence-electron chi connectivity index (χ4n) is 2.54. The van der Waals surface area contributed by atoms with Crippen molar-refractivity contribution >= 4 is 5.78 Å². The second kappa shape index (κ2) is 6.76. The average molecular weight is 314 g/mol. The van der Waals surface area contributed by atoms with Gasteiger partial charge in [-0.05, 0) is 17.7 Å². The standard InChI is InChI=1S/C20H14N2O2/c21-13-17-11-12-18(15-7-3-1-4-8-15)22(20(17)24)14-19(23)16-9-5-2-6-10-16/h1-12H,14H2. The lowest BCUT2D eigenvalue weighted by molar-refractivity contribution is 0.0971. The fourth-order valence-corrected chi connectivity index (χ4v) is 2.54. The smallest absolute Gasteiger partial charge is 0.269 e. The lowest BCUT2D eigenvalue weighted by atomic mass is 10.1. The molecule has 0 saturated heterocycles. The molecule has 3 rings (SSSR count). The molecule has 1 aromatic heterocycles. The van der Waals surface area contributed by atoms with Crippen LogP contribution in [0.5, 0.6) is 0 Å². The van der Waals surface area contributed by atoms with Crippen LogP contribution in [0.25, 0.3) is 11.3 Å². The first-order chi connectivity index (χ1) is 11.7. The van der Waals surface area contributed by atoms with Gasteiger partial charge in [0, 0.05) is 5.56 Å². The summed E-state index contributed by atoms with van der Waals surface area (Å²) in [4.78, 5) is 25.1. The number of hydrogen-bond donors (Lipinski definition) is 0. The summed E-state index contributed by atoms with van der Waals surface area (Å²) in [5.41, 5.74) is 1.54. The van der Waals surface area contributed by atoms with Crippen molar-refractivity contribution in [1.29, 1.82) is 5.26 Å². The van der Waals surface area contributed by atoms with Gasteiger partial charge in [0.2, 0.25) is 0 Å². The lowest BCUT2D eigenvalue weighted by Gasteiger charge is -2.13. The molecule has 0 N–H and O–H groups in total. The van der Waals surface area contributed by atoms with Crippen LogP contribution in [-0.2, 0) is 6.54 Å². The third-order valence-corrected chi connectivity index (χ3v) is 3.76. The largest absolute Gasteiger partial charge is 0.299 e. The molecule has 4 nitrogen and oxygen atoms in total. The van der Waals surface area contributed by atoms with E-state index < -0.39 is 5.56 Å². The van der Waals surface area contributed by atoms with Crippen LogP contribution in [0.1, 0.15) is 15.9 Å². The molecule has 0 atom stereocenters. The van der Waals surface area contributed by atoms with E-state index in [0.717, 1.165) is 5.56 Å². The van der Waals surface area contributed by atoms with E-state index in [1.807, 2.05) is 42.5 Å². The van der Waals surface area contributed by atoms with E-state index in [1.165, 1.54) is 10.6 Å². The number of hydrogen-bond acceptors (Lipinski definition) is 3. The van der Waals surface area contributed by atoms with Crippen LogP contribution in [-0.4, -0.2) is 10.4 Å². The van der Waals surface area contributed by atoms with Gasteiger partial charge in [-0.2, -0.15) is 5.26 Å². The van der Waals surface area contributed by atoms with Crippen LogP contribution in [0.2, 0.25) is 0 Å². The predicted molar refractivity (Wildman–Crippen MR) is 91.6 cm³/mol. The summed E-state index contributed by atoms with van der Waals surface area (Å²) in [6.07, 6.45) is 0. The number of nitrogens with zero attached hydrogens (tertiary/aromatic N) is 2. The molecule has 0 unspecified atom stereocenters. The monoisotopic (exact) mass is 314 g/mol. The van der Waals surface area contributed by atoms with Gasteiger partial charge in [0.25, 0.3) is 5.56 Å². The molecule has 0 radical (unpaired) electrons. The van der Waals surface area contributed by atoms with E-state index in [9.17, 15) is 9.59 Å². The first-order valence-electron chi connectivity index (χ1n) is 7.48. The van der Waals surface area contributed by atoms with Gasteiger partial charge in [-0.15, -0.1) is 0 Å². The van der Waals surface area contributed by atoms with Crippen molar-refractivity contribution in [1.82, 2.24) is 4.57 Å². The molecule has 0 aliphatic rings. The number of aromatic nitrogens is 1. The normalized spacial score (nSPS) is 10.1. The van der Waals surface area contributed by atoms with Crippen molar-refractivity contribution in [2.24, 2.45) is 0 Å². The number of carbonyl (C=O) groups is 1. The highest BCUT2D eigenvalue weighted by atomic mass is 16.1. The minimum Gasteiger partial charge on any atom is -0.299 e. The number of Topliss-reactive ketones (excluding diaryl/α,β-unsaturated/α-hetero) is 1. The maximum absolute atomic E-state index is 12.5. The Labute approximate surface area is 139 Å². The quantitative estimate of drug-likeness (QED) is 0.694. The number of rotatable bonds is 4. The van der Waals surface area contributed by atoms with E-state index in [0.29, 0.717) is 11.3 Å². The Hall–Kier alpha value is -3.45. The summed E-state index contributed by atoms with van der Waals surface area (Å²) in [6, 6.07) is 23.2. The van der Waals surface area contributed by atoms with Gasteiger partial charge in [-0.3, -0.25) is 14.2 Å². The average Bonchev–Trinajstić information content (AvgIpc) is 2.64. The SMILES string of the molecule is N#Cc1ccc(-c2ccccc2)n(CC(=O)c2ccccc2)c1=O. The summed E-state index contributed by atoms with van der Waals surface area (Å²) in [7, 11) is 0. The van der Waals surface area contributed by atoms with Crippen LogP contribution in [0.4, 0.5) is 0 Å². The number of ketones is 1. The molecule has 2 aromatic carbocycles. The Kier molecular flexibility index (Phi) is 4.35. The second-order valence-electron chi connectivity index (χ2n) is 5.29. The molecular weight excluding hydrogens is 300 g/mol. The van der Waals surface area contributed by atoms with Gasteiger partial charge < -0.3 is 0 Å². The van der Waals surface area contributed by atoms with Gasteiger partial charge in [-0.25, -0.2) is 0 Å². The van der Waals surface area contributed by atoms with Crippen molar-refractivity contribution in [2.75, 3.05) is 0 Å². The Bertz CT molecular complexity index is 968. The maximum atomic E-state index is 12.5. The second-order valence-corrected chi connectivity index (χ2v) is 5.29. The molecule has 0 saturated carbocycles. The van der Waals surface area contributed by atoms with Crippen molar-refractivity contribution < 1.29 is 4.79 Å². The third-order valence-electron chi connectivity index (χ3n) is 3.76. The molecule has 116 valence electrons. The van der Waals surface area contributed by atoms with Crippen LogP contribution in [0.15, 0.2) is 77.6 Å². The number of pyridine rings is 1. The Morgan fingerprint density at radius 2 is 1.54 bits per heavy atom. The van der Waals surface area contributed by atoms with Gasteiger partial charge in [0.15, 0.2) is 5.78 Å². The molecule has 0 fully saturated rings. The minimum absolute atomic E-state index is 0.0237. The number of carbonyl (C=O) groups excluding carboxylic acids is 1. The topological polar surface area (TPSA) is 62.9 Å². The molecule has 0 aliphatic heterocycles. The van der Waals surface area contributed by atoms with Gasteiger partial charge >= 0.3 is 0 Å². The Balaban J connectivity index is 2.10. The first-order valence-corrected chi connectivity index (χ1v) is 7.48. The molecule has 0 spiro atoms. The first kappa shape index (κ1) is 15.4. The Morgan fingerprint density at radius 3 is 2.17 bits per heavy atom. The summed E-state index contributed by atoms with van der Waals surface area (Å²) >= 11 is 0. The molecule has 24 heavy (non-hydrogen) atoms. The molecular formula is C20H14N2O2. The third kappa shape index (κ3) is 3.01. The number of nitriles is 1. The van der Waals surface area contributed by atoms with E-state index in [2.05, 4.69) is 0 Å². The molecule has 0 aliphatic carbocycles. The molecule has 4 heteroatoms. The van der Waals surface area contributed by atoms with Crippen LogP contribution in [0.3, 0.4) is 0 Å². The molecule has 0 amide bonds. The van der Waals surface area contributed by atoms with Gasteiger partial charge in [-0.1, -0.05) is 60.7 Å². The molecule has 3 aromatic rings. The van der Waals surface area contributed by atoms with E-state index in [-0.39, 0.29) is 17.9 Å². The zero-order valence-electron chi connectivity index (χ0n) is 12.8. The van der Waals surface area contributed by atoms with E-state index >= 15 is 0 Å². The van der Waals surface area contributed by atoms with E-state index in [4.69, 9.17) is 5.26 Å². The predicted octanol–water partition coefficient (Wildman–Crippen LogP) is 3.27. The minimum atomic E-state index is -0.455. The van der Waals surface area contributed by atoms with Crippen LogP contribution in [0, 0.1) is 11.3 Å². The zero-order chi connectivity index (χ0) is 16.9. The molecule has 1 heterocycles. The van der Waals surface area contributed by atoms with Crippen molar-refractivity contribution in [3.63, 3.8) is 0 Å².